The molecule has 0 saturated carbocycles. The fourth-order valence-corrected chi connectivity index (χ4v) is 2.59. The van der Waals surface area contributed by atoms with Gasteiger partial charge in [0.15, 0.2) is 17.5 Å². The minimum Gasteiger partial charge on any atom is -0.504 e. The Morgan fingerprint density at radius 2 is 2.00 bits per heavy atom. The van der Waals surface area contributed by atoms with Gasteiger partial charge < -0.3 is 20.1 Å². The second-order valence-corrected chi connectivity index (χ2v) is 5.96. The van der Waals surface area contributed by atoms with Crippen molar-refractivity contribution in [3.8, 4) is 11.5 Å². The number of guanidine groups is 1. The van der Waals surface area contributed by atoms with Gasteiger partial charge in [0.2, 0.25) is 0 Å². The number of aliphatic imine (C=N–C) groups is 1. The molecule has 0 aliphatic heterocycles. The number of phenolic OH excluding ortho intramolecular Hbond substituents is 1. The summed E-state index contributed by atoms with van der Waals surface area (Å²) in [4.78, 5) is 6.79. The third-order valence-electron chi connectivity index (χ3n) is 4.02. The zero-order valence-corrected chi connectivity index (χ0v) is 15.4. The molecule has 0 radical (unpaired) electrons. The average molecular weight is 341 g/mol. The molecule has 2 aromatic rings. The molecule has 0 amide bonds. The van der Waals surface area contributed by atoms with Crippen LogP contribution in [0.1, 0.15) is 23.6 Å². The summed E-state index contributed by atoms with van der Waals surface area (Å²) in [6.07, 6.45) is 0. The smallest absolute Gasteiger partial charge is 0.194 e. The van der Waals surface area contributed by atoms with Crippen molar-refractivity contribution < 1.29 is 9.84 Å². The second kappa shape index (κ2) is 8.97. The molecule has 2 N–H and O–H groups in total. The van der Waals surface area contributed by atoms with Gasteiger partial charge in [-0.2, -0.15) is 0 Å². The second-order valence-electron chi connectivity index (χ2n) is 5.96. The van der Waals surface area contributed by atoms with Crippen LogP contribution in [0.4, 0.5) is 0 Å². The van der Waals surface area contributed by atoms with Crippen LogP contribution in [0.5, 0.6) is 11.5 Å². The first kappa shape index (κ1) is 18.6. The molecular weight excluding hydrogens is 314 g/mol. The SMILES string of the molecule is CCNC(=NCc1ccc(OC)c(O)c1)N(C)Cc1ccccc1C. The molecule has 5 nitrogen and oxygen atoms in total. The fraction of sp³-hybridized carbons (Fsp3) is 0.350. The predicted octanol–water partition coefficient (Wildman–Crippen LogP) is 3.31. The Labute approximate surface area is 150 Å². The minimum absolute atomic E-state index is 0.133. The van der Waals surface area contributed by atoms with Crippen molar-refractivity contribution in [1.82, 2.24) is 10.2 Å². The molecule has 0 heterocycles. The van der Waals surface area contributed by atoms with Crippen molar-refractivity contribution in [3.05, 3.63) is 59.2 Å². The summed E-state index contributed by atoms with van der Waals surface area (Å²) >= 11 is 0. The van der Waals surface area contributed by atoms with E-state index in [0.29, 0.717) is 12.3 Å². The molecule has 0 unspecified atom stereocenters. The van der Waals surface area contributed by atoms with Crippen LogP contribution in [-0.4, -0.2) is 36.7 Å². The molecule has 0 aliphatic rings. The van der Waals surface area contributed by atoms with E-state index in [1.54, 1.807) is 12.1 Å². The minimum atomic E-state index is 0.133. The third-order valence-corrected chi connectivity index (χ3v) is 4.02. The molecule has 0 saturated heterocycles. The highest BCUT2D eigenvalue weighted by atomic mass is 16.5. The Morgan fingerprint density at radius 1 is 1.24 bits per heavy atom. The summed E-state index contributed by atoms with van der Waals surface area (Å²) in [7, 11) is 3.57. The van der Waals surface area contributed by atoms with Gasteiger partial charge in [0, 0.05) is 20.1 Å². The zero-order valence-electron chi connectivity index (χ0n) is 15.4. The number of hydrogen-bond donors (Lipinski definition) is 2. The maximum atomic E-state index is 9.89. The van der Waals surface area contributed by atoms with Crippen LogP contribution in [0.3, 0.4) is 0 Å². The summed E-state index contributed by atoms with van der Waals surface area (Å²) in [5.74, 6) is 1.44. The van der Waals surface area contributed by atoms with Gasteiger partial charge in [-0.15, -0.1) is 0 Å². The van der Waals surface area contributed by atoms with Gasteiger partial charge in [-0.3, -0.25) is 0 Å². The molecule has 5 heteroatoms. The van der Waals surface area contributed by atoms with E-state index in [-0.39, 0.29) is 5.75 Å². The monoisotopic (exact) mass is 341 g/mol. The largest absolute Gasteiger partial charge is 0.504 e. The number of aromatic hydroxyl groups is 1. The first-order valence-electron chi connectivity index (χ1n) is 8.45. The summed E-state index contributed by atoms with van der Waals surface area (Å²) in [5.41, 5.74) is 3.47. The van der Waals surface area contributed by atoms with Crippen LogP contribution < -0.4 is 10.1 Å². The number of rotatable bonds is 6. The van der Waals surface area contributed by atoms with Crippen LogP contribution in [0.2, 0.25) is 0 Å². The number of benzene rings is 2. The van der Waals surface area contributed by atoms with Crippen LogP contribution in [0.15, 0.2) is 47.5 Å². The highest BCUT2D eigenvalue weighted by Crippen LogP contribution is 2.26. The normalized spacial score (nSPS) is 11.3. The van der Waals surface area contributed by atoms with Gasteiger partial charge in [-0.05, 0) is 42.7 Å². The highest BCUT2D eigenvalue weighted by Gasteiger charge is 2.08. The van der Waals surface area contributed by atoms with Gasteiger partial charge in [0.1, 0.15) is 0 Å². The number of nitrogens with zero attached hydrogens (tertiary/aromatic N) is 2. The molecule has 0 bridgehead atoms. The van der Waals surface area contributed by atoms with Gasteiger partial charge in [-0.25, -0.2) is 4.99 Å². The average Bonchev–Trinajstić information content (AvgIpc) is 2.60. The maximum Gasteiger partial charge on any atom is 0.194 e. The Morgan fingerprint density at radius 3 is 2.64 bits per heavy atom. The van der Waals surface area contributed by atoms with E-state index in [4.69, 9.17) is 4.74 Å². The predicted molar refractivity (Wildman–Crippen MR) is 102 cm³/mol. The van der Waals surface area contributed by atoms with Gasteiger partial charge in [0.05, 0.1) is 13.7 Å². The lowest BCUT2D eigenvalue weighted by Crippen LogP contribution is -2.38. The standard InChI is InChI=1S/C20H27N3O2/c1-5-21-20(23(3)14-17-9-7-6-8-15(17)2)22-13-16-10-11-19(25-4)18(24)12-16/h6-12,24H,5,13-14H2,1-4H3,(H,21,22). The first-order valence-corrected chi connectivity index (χ1v) is 8.45. The van der Waals surface area contributed by atoms with E-state index in [1.807, 2.05) is 19.2 Å². The maximum absolute atomic E-state index is 9.89. The number of phenols is 1. The Hall–Kier alpha value is -2.69. The third kappa shape index (κ3) is 5.14. The number of aryl methyl sites for hydroxylation is 1. The summed E-state index contributed by atoms with van der Waals surface area (Å²) in [5, 5.41) is 13.2. The molecule has 2 aromatic carbocycles. The molecule has 0 spiro atoms. The van der Waals surface area contributed by atoms with E-state index >= 15 is 0 Å². The van der Waals surface area contributed by atoms with Gasteiger partial charge >= 0.3 is 0 Å². The Kier molecular flexibility index (Phi) is 6.69. The highest BCUT2D eigenvalue weighted by molar-refractivity contribution is 5.79. The topological polar surface area (TPSA) is 57.1 Å². The van der Waals surface area contributed by atoms with Crippen molar-refractivity contribution >= 4 is 5.96 Å². The van der Waals surface area contributed by atoms with Crippen LogP contribution >= 0.6 is 0 Å². The molecule has 0 aliphatic carbocycles. The van der Waals surface area contributed by atoms with Crippen LogP contribution in [-0.2, 0) is 13.1 Å². The lowest BCUT2D eigenvalue weighted by Gasteiger charge is -2.23. The van der Waals surface area contributed by atoms with E-state index in [0.717, 1.165) is 24.6 Å². The quantitative estimate of drug-likeness (QED) is 0.625. The van der Waals surface area contributed by atoms with Crippen molar-refractivity contribution in [1.29, 1.82) is 0 Å². The molecule has 0 fully saturated rings. The van der Waals surface area contributed by atoms with Gasteiger partial charge in [0.25, 0.3) is 0 Å². The van der Waals surface area contributed by atoms with Crippen LogP contribution in [0, 0.1) is 6.92 Å². The first-order chi connectivity index (χ1) is 12.0. The number of nitrogens with one attached hydrogen (secondary N) is 1. The molecule has 134 valence electrons. The lowest BCUT2D eigenvalue weighted by atomic mass is 10.1. The van der Waals surface area contributed by atoms with E-state index in [1.165, 1.54) is 18.2 Å². The van der Waals surface area contributed by atoms with Crippen molar-refractivity contribution in [2.75, 3.05) is 20.7 Å². The lowest BCUT2D eigenvalue weighted by molar-refractivity contribution is 0.373. The molecule has 0 atom stereocenters. The molecule has 25 heavy (non-hydrogen) atoms. The van der Waals surface area contributed by atoms with Crippen molar-refractivity contribution in [2.24, 2.45) is 4.99 Å². The van der Waals surface area contributed by atoms with Crippen molar-refractivity contribution in [2.45, 2.75) is 26.9 Å². The summed E-state index contributed by atoms with van der Waals surface area (Å²) in [6.45, 7) is 6.24. The summed E-state index contributed by atoms with van der Waals surface area (Å²) < 4.78 is 5.07. The van der Waals surface area contributed by atoms with E-state index < -0.39 is 0 Å². The molecule has 2 rings (SSSR count). The number of ether oxygens (including phenoxy) is 1. The van der Waals surface area contributed by atoms with Crippen molar-refractivity contribution in [3.63, 3.8) is 0 Å². The number of methoxy groups -OCH3 is 1. The fourth-order valence-electron chi connectivity index (χ4n) is 2.59. The van der Waals surface area contributed by atoms with E-state index in [2.05, 4.69) is 47.3 Å². The summed E-state index contributed by atoms with van der Waals surface area (Å²) in [6, 6.07) is 13.7. The Balaban J connectivity index is 2.12. The Bertz CT molecular complexity index is 729. The molecule has 0 aromatic heterocycles. The number of hydrogen-bond acceptors (Lipinski definition) is 3. The molecular formula is C20H27N3O2. The van der Waals surface area contributed by atoms with Crippen LogP contribution in [0.25, 0.3) is 0 Å². The van der Waals surface area contributed by atoms with Gasteiger partial charge in [-0.1, -0.05) is 30.3 Å². The zero-order chi connectivity index (χ0) is 18.2. The van der Waals surface area contributed by atoms with E-state index in [9.17, 15) is 5.11 Å².